The summed E-state index contributed by atoms with van der Waals surface area (Å²) in [6, 6.07) is -1.82. The number of hydrogen-bond donors (Lipinski definition) is 0. The number of nitrogens with zero attached hydrogens (tertiary/aromatic N) is 2. The largest absolute Gasteiger partial charge is 0.413 e. The number of hydrogen-bond acceptors (Lipinski definition) is 2. The molecule has 0 fully saturated rings. The first-order valence-electron chi connectivity index (χ1n) is 3.10. The van der Waals surface area contributed by atoms with Crippen LogP contribution in [0.2, 0.25) is 0 Å². The molecule has 61 valence electrons. The van der Waals surface area contributed by atoms with Crippen molar-refractivity contribution in [1.29, 1.82) is 0 Å². The lowest BCUT2D eigenvalue weighted by molar-refractivity contribution is -0.140. The molecule has 0 amide bonds. The van der Waals surface area contributed by atoms with E-state index in [9.17, 15) is 13.2 Å². The number of alkyl halides is 3. The van der Waals surface area contributed by atoms with E-state index in [1.807, 2.05) is 0 Å². The molecular formula is C6H6F3N2. The first kappa shape index (κ1) is 8.36. The summed E-state index contributed by atoms with van der Waals surface area (Å²) in [6.45, 7) is 4.23. The summed E-state index contributed by atoms with van der Waals surface area (Å²) in [6.07, 6.45) is -2.13. The number of aliphatic imine (C=N–C) groups is 1. The van der Waals surface area contributed by atoms with Crippen molar-refractivity contribution in [2.75, 3.05) is 6.54 Å². The summed E-state index contributed by atoms with van der Waals surface area (Å²) < 4.78 is 35.5. The van der Waals surface area contributed by atoms with Crippen LogP contribution < -0.4 is 0 Å². The summed E-state index contributed by atoms with van der Waals surface area (Å²) in [5.41, 5.74) is 0. The molecule has 0 aromatic rings. The summed E-state index contributed by atoms with van der Waals surface area (Å²) in [7, 11) is 0. The van der Waals surface area contributed by atoms with Gasteiger partial charge in [0.1, 0.15) is 6.54 Å². The second-order valence-electron chi connectivity index (χ2n) is 2.05. The van der Waals surface area contributed by atoms with Gasteiger partial charge < -0.3 is 4.90 Å². The van der Waals surface area contributed by atoms with Gasteiger partial charge in [-0.2, -0.15) is 13.2 Å². The Morgan fingerprint density at radius 2 is 2.18 bits per heavy atom. The fourth-order valence-corrected chi connectivity index (χ4v) is 0.641. The molecule has 0 saturated carbocycles. The zero-order chi connectivity index (χ0) is 8.48. The Kier molecular flexibility index (Phi) is 2.06. The maximum atomic E-state index is 11.8. The lowest BCUT2D eigenvalue weighted by Crippen LogP contribution is -2.28. The second-order valence-corrected chi connectivity index (χ2v) is 2.05. The molecule has 1 aliphatic heterocycles. The van der Waals surface area contributed by atoms with E-state index in [0.717, 1.165) is 4.90 Å². The van der Waals surface area contributed by atoms with Crippen LogP contribution in [-0.2, 0) is 0 Å². The van der Waals surface area contributed by atoms with Crippen LogP contribution in [0.5, 0.6) is 0 Å². The minimum absolute atomic E-state index is 0.413. The molecule has 0 N–H and O–H groups in total. The second kappa shape index (κ2) is 2.71. The molecule has 1 atom stereocenters. The summed E-state index contributed by atoms with van der Waals surface area (Å²) in [5.74, 6) is 0. The van der Waals surface area contributed by atoms with Gasteiger partial charge in [-0.1, -0.05) is 0 Å². The lowest BCUT2D eigenvalue weighted by Gasteiger charge is -2.13. The van der Waals surface area contributed by atoms with Crippen LogP contribution in [0.1, 0.15) is 6.92 Å². The third kappa shape index (κ3) is 1.85. The Bertz CT molecular complexity index is 164. The standard InChI is InChI=1S/C6H6F3N2/c1-2-11-3-5(10-4-11)6(7,8)9/h5H,2H2,1H3. The van der Waals surface area contributed by atoms with Gasteiger partial charge >= 0.3 is 6.18 Å². The predicted molar refractivity (Wildman–Crippen MR) is 32.9 cm³/mol. The van der Waals surface area contributed by atoms with Gasteiger partial charge in [0, 0.05) is 6.54 Å². The van der Waals surface area contributed by atoms with Gasteiger partial charge in [0.2, 0.25) is 0 Å². The molecule has 0 saturated heterocycles. The van der Waals surface area contributed by atoms with E-state index < -0.39 is 12.2 Å². The fourth-order valence-electron chi connectivity index (χ4n) is 0.641. The van der Waals surface area contributed by atoms with Crippen molar-refractivity contribution >= 4 is 6.34 Å². The molecule has 0 aromatic carbocycles. The molecule has 3 radical (unpaired) electrons. The van der Waals surface area contributed by atoms with Gasteiger partial charge in [-0.3, -0.25) is 0 Å². The van der Waals surface area contributed by atoms with Crippen molar-refractivity contribution in [1.82, 2.24) is 4.90 Å². The van der Waals surface area contributed by atoms with Crippen LogP contribution in [0.25, 0.3) is 0 Å². The number of rotatable bonds is 1. The molecule has 1 rings (SSSR count). The first-order valence-corrected chi connectivity index (χ1v) is 3.10. The van der Waals surface area contributed by atoms with E-state index in [4.69, 9.17) is 0 Å². The predicted octanol–water partition coefficient (Wildman–Crippen LogP) is 1.20. The molecular weight excluding hydrogens is 157 g/mol. The van der Waals surface area contributed by atoms with Gasteiger partial charge in [-0.05, 0) is 6.92 Å². The topological polar surface area (TPSA) is 15.6 Å². The van der Waals surface area contributed by atoms with E-state index in [0.29, 0.717) is 6.54 Å². The average molecular weight is 163 g/mol. The van der Waals surface area contributed by atoms with E-state index in [2.05, 4.69) is 17.9 Å². The fraction of sp³-hybridized carbons (Fsp3) is 0.667. The lowest BCUT2D eigenvalue weighted by atomic mass is 10.3. The summed E-state index contributed by atoms with van der Waals surface area (Å²) in [5, 5.41) is 0. The minimum atomic E-state index is -4.32. The SMILES string of the molecule is CCN1[C]C(C(F)(F)F)N=[C]1. The first-order chi connectivity index (χ1) is 5.04. The maximum absolute atomic E-state index is 11.8. The van der Waals surface area contributed by atoms with Gasteiger partial charge in [0.15, 0.2) is 12.4 Å². The van der Waals surface area contributed by atoms with Gasteiger partial charge in [-0.15, -0.1) is 0 Å². The highest BCUT2D eigenvalue weighted by Gasteiger charge is 2.43. The van der Waals surface area contributed by atoms with Crippen molar-refractivity contribution in [3.63, 3.8) is 0 Å². The molecule has 1 unspecified atom stereocenters. The minimum Gasteiger partial charge on any atom is -0.341 e. The van der Waals surface area contributed by atoms with Crippen LogP contribution in [0.15, 0.2) is 4.99 Å². The average Bonchev–Trinajstić information content (AvgIpc) is 2.32. The quantitative estimate of drug-likeness (QED) is 0.567. The molecule has 0 aliphatic carbocycles. The molecule has 0 spiro atoms. The van der Waals surface area contributed by atoms with Crippen LogP contribution in [-0.4, -0.2) is 30.0 Å². The third-order valence-corrected chi connectivity index (χ3v) is 1.21. The Balaban J connectivity index is 2.50. The van der Waals surface area contributed by atoms with Gasteiger partial charge in [0.25, 0.3) is 0 Å². The highest BCUT2D eigenvalue weighted by Crippen LogP contribution is 2.27. The Hall–Kier alpha value is -0.740. The number of likely N-dealkylation sites (N-methyl/N-ethyl adjacent to an activating group) is 1. The zero-order valence-electron chi connectivity index (χ0n) is 5.81. The normalized spacial score (nSPS) is 24.7. The zero-order valence-corrected chi connectivity index (χ0v) is 5.81. The molecule has 0 aromatic heterocycles. The van der Waals surface area contributed by atoms with E-state index in [1.54, 1.807) is 6.92 Å². The maximum Gasteiger partial charge on any atom is 0.413 e. The molecule has 1 heterocycles. The van der Waals surface area contributed by atoms with Crippen LogP contribution >= 0.6 is 0 Å². The smallest absolute Gasteiger partial charge is 0.341 e. The van der Waals surface area contributed by atoms with Crippen molar-refractivity contribution in [2.45, 2.75) is 19.1 Å². The monoisotopic (exact) mass is 163 g/mol. The molecule has 0 bridgehead atoms. The Labute approximate surface area is 62.7 Å². The van der Waals surface area contributed by atoms with Crippen molar-refractivity contribution in [3.8, 4) is 0 Å². The number of halogens is 3. The molecule has 5 heteroatoms. The van der Waals surface area contributed by atoms with Crippen LogP contribution in [0, 0.1) is 6.54 Å². The highest BCUT2D eigenvalue weighted by molar-refractivity contribution is 5.59. The summed E-state index contributed by atoms with van der Waals surface area (Å²) >= 11 is 0. The van der Waals surface area contributed by atoms with Crippen molar-refractivity contribution in [3.05, 3.63) is 6.54 Å². The highest BCUT2D eigenvalue weighted by atomic mass is 19.4. The molecule has 11 heavy (non-hydrogen) atoms. The summed E-state index contributed by atoms with van der Waals surface area (Å²) in [4.78, 5) is 4.26. The van der Waals surface area contributed by atoms with Crippen molar-refractivity contribution in [2.24, 2.45) is 4.99 Å². The van der Waals surface area contributed by atoms with Gasteiger partial charge in [-0.25, -0.2) is 4.99 Å². The Morgan fingerprint density at radius 3 is 2.45 bits per heavy atom. The third-order valence-electron chi connectivity index (χ3n) is 1.21. The Morgan fingerprint density at radius 1 is 1.55 bits per heavy atom. The molecule has 1 aliphatic rings. The molecule has 2 nitrogen and oxygen atoms in total. The van der Waals surface area contributed by atoms with Crippen molar-refractivity contribution < 1.29 is 13.2 Å². The van der Waals surface area contributed by atoms with Crippen LogP contribution in [0.3, 0.4) is 0 Å². The van der Waals surface area contributed by atoms with E-state index in [1.165, 1.54) is 0 Å². The van der Waals surface area contributed by atoms with E-state index >= 15 is 0 Å². The van der Waals surface area contributed by atoms with Gasteiger partial charge in [0.05, 0.1) is 0 Å². The van der Waals surface area contributed by atoms with E-state index in [-0.39, 0.29) is 0 Å². The van der Waals surface area contributed by atoms with Crippen LogP contribution in [0.4, 0.5) is 13.2 Å².